The predicted octanol–water partition coefficient (Wildman–Crippen LogP) is 2.82. The largest absolute Gasteiger partial charge is 0.349 e. The molecule has 0 bridgehead atoms. The van der Waals surface area contributed by atoms with Gasteiger partial charge in [0.25, 0.3) is 5.91 Å². The molecule has 1 fully saturated rings. The van der Waals surface area contributed by atoms with E-state index in [1.807, 2.05) is 13.2 Å². The van der Waals surface area contributed by atoms with E-state index >= 15 is 0 Å². The van der Waals surface area contributed by atoms with Crippen molar-refractivity contribution in [3.05, 3.63) is 29.6 Å². The van der Waals surface area contributed by atoms with Gasteiger partial charge in [0.15, 0.2) is 0 Å². The molecule has 1 heterocycles. The molecule has 1 aliphatic rings. The Kier molecular flexibility index (Phi) is 5.83. The third-order valence-electron chi connectivity index (χ3n) is 3.71. The molecular weight excluding hydrogens is 303 g/mol. The van der Waals surface area contributed by atoms with Crippen LogP contribution in [0.4, 0.5) is 10.1 Å². The van der Waals surface area contributed by atoms with Gasteiger partial charge in [0, 0.05) is 24.7 Å². The van der Waals surface area contributed by atoms with E-state index in [0.717, 1.165) is 18.6 Å². The van der Waals surface area contributed by atoms with E-state index in [0.29, 0.717) is 18.7 Å². The third-order valence-corrected chi connectivity index (χ3v) is 4.36. The standard InChI is InChI=1S/C16H21FN2O2S/c1-11(7-9-22-2)18-16(21)13-10-12(5-6-14(13)17)19-8-3-4-15(19)20/h5-6,10-11H,3-4,7-9H2,1-2H3,(H,18,21). The Morgan fingerprint density at radius 2 is 2.27 bits per heavy atom. The molecule has 1 saturated heterocycles. The van der Waals surface area contributed by atoms with Crippen molar-refractivity contribution < 1.29 is 14.0 Å². The second-order valence-electron chi connectivity index (χ2n) is 5.47. The van der Waals surface area contributed by atoms with E-state index in [2.05, 4.69) is 5.32 Å². The predicted molar refractivity (Wildman–Crippen MR) is 87.9 cm³/mol. The summed E-state index contributed by atoms with van der Waals surface area (Å²) in [5, 5.41) is 2.81. The van der Waals surface area contributed by atoms with Gasteiger partial charge in [-0.3, -0.25) is 9.59 Å². The van der Waals surface area contributed by atoms with Crippen LogP contribution < -0.4 is 10.2 Å². The average Bonchev–Trinajstić information content (AvgIpc) is 2.91. The van der Waals surface area contributed by atoms with Gasteiger partial charge in [0.05, 0.1) is 5.56 Å². The van der Waals surface area contributed by atoms with E-state index in [1.54, 1.807) is 22.7 Å². The Labute approximate surface area is 134 Å². The molecule has 1 unspecified atom stereocenters. The van der Waals surface area contributed by atoms with Gasteiger partial charge in [0.2, 0.25) is 5.91 Å². The third kappa shape index (κ3) is 4.00. The number of rotatable bonds is 6. The number of thioether (sulfide) groups is 1. The summed E-state index contributed by atoms with van der Waals surface area (Å²) in [6.07, 6.45) is 4.14. The Hall–Kier alpha value is -1.56. The van der Waals surface area contributed by atoms with Gasteiger partial charge in [-0.1, -0.05) is 0 Å². The van der Waals surface area contributed by atoms with Crippen LogP contribution in [0.15, 0.2) is 18.2 Å². The highest BCUT2D eigenvalue weighted by Gasteiger charge is 2.23. The zero-order valence-corrected chi connectivity index (χ0v) is 13.7. The lowest BCUT2D eigenvalue weighted by Gasteiger charge is -2.18. The lowest BCUT2D eigenvalue weighted by molar-refractivity contribution is -0.117. The first-order valence-electron chi connectivity index (χ1n) is 7.42. The lowest BCUT2D eigenvalue weighted by Crippen LogP contribution is -2.33. The maximum atomic E-state index is 13.9. The summed E-state index contributed by atoms with van der Waals surface area (Å²) in [5.74, 6) is -0.0393. The van der Waals surface area contributed by atoms with Crippen LogP contribution in [0.1, 0.15) is 36.5 Å². The monoisotopic (exact) mass is 324 g/mol. The molecule has 120 valence electrons. The fraction of sp³-hybridized carbons (Fsp3) is 0.500. The number of carbonyl (C=O) groups is 2. The van der Waals surface area contributed by atoms with Crippen LogP contribution in [0.5, 0.6) is 0 Å². The fourth-order valence-corrected chi connectivity index (χ4v) is 3.03. The number of nitrogens with zero attached hydrogens (tertiary/aromatic N) is 1. The quantitative estimate of drug-likeness (QED) is 0.875. The highest BCUT2D eigenvalue weighted by molar-refractivity contribution is 7.98. The van der Waals surface area contributed by atoms with Crippen LogP contribution in [0.3, 0.4) is 0 Å². The van der Waals surface area contributed by atoms with Crippen molar-refractivity contribution in [3.8, 4) is 0 Å². The number of hydrogen-bond acceptors (Lipinski definition) is 3. The second kappa shape index (κ2) is 7.63. The molecule has 1 aliphatic heterocycles. The minimum absolute atomic E-state index is 0.00629. The summed E-state index contributed by atoms with van der Waals surface area (Å²) in [7, 11) is 0. The highest BCUT2D eigenvalue weighted by Crippen LogP contribution is 2.24. The zero-order valence-electron chi connectivity index (χ0n) is 12.9. The van der Waals surface area contributed by atoms with Gasteiger partial charge in [-0.15, -0.1) is 0 Å². The number of halogens is 1. The van der Waals surface area contributed by atoms with Crippen molar-refractivity contribution in [1.29, 1.82) is 0 Å². The van der Waals surface area contributed by atoms with Gasteiger partial charge >= 0.3 is 0 Å². The molecule has 1 aromatic rings. The van der Waals surface area contributed by atoms with Gasteiger partial charge in [0.1, 0.15) is 5.82 Å². The van der Waals surface area contributed by atoms with Gasteiger partial charge in [-0.2, -0.15) is 11.8 Å². The maximum Gasteiger partial charge on any atom is 0.254 e. The summed E-state index contributed by atoms with van der Waals surface area (Å²) in [4.78, 5) is 25.6. The highest BCUT2D eigenvalue weighted by atomic mass is 32.2. The second-order valence-corrected chi connectivity index (χ2v) is 6.45. The Balaban J connectivity index is 2.12. The first kappa shape index (κ1) is 16.8. The minimum atomic E-state index is -0.565. The fourth-order valence-electron chi connectivity index (χ4n) is 2.44. The van der Waals surface area contributed by atoms with E-state index in [9.17, 15) is 14.0 Å². The normalized spacial score (nSPS) is 16.0. The molecule has 1 atom stereocenters. The Morgan fingerprint density at radius 1 is 1.50 bits per heavy atom. The molecule has 0 saturated carbocycles. The van der Waals surface area contributed by atoms with Crippen LogP contribution in [0.2, 0.25) is 0 Å². The topological polar surface area (TPSA) is 49.4 Å². The zero-order chi connectivity index (χ0) is 16.1. The molecule has 4 nitrogen and oxygen atoms in total. The molecule has 0 radical (unpaired) electrons. The summed E-state index contributed by atoms with van der Waals surface area (Å²) in [5.41, 5.74) is 0.582. The van der Waals surface area contributed by atoms with E-state index < -0.39 is 11.7 Å². The van der Waals surface area contributed by atoms with Crippen molar-refractivity contribution in [2.45, 2.75) is 32.2 Å². The molecule has 0 aliphatic carbocycles. The van der Waals surface area contributed by atoms with E-state index in [-0.39, 0.29) is 17.5 Å². The van der Waals surface area contributed by atoms with Gasteiger partial charge < -0.3 is 10.2 Å². The molecule has 6 heteroatoms. The van der Waals surface area contributed by atoms with Gasteiger partial charge in [-0.05, 0) is 50.0 Å². The first-order valence-corrected chi connectivity index (χ1v) is 8.82. The summed E-state index contributed by atoms with van der Waals surface area (Å²) in [6.45, 7) is 2.52. The first-order chi connectivity index (χ1) is 10.5. The number of amides is 2. The van der Waals surface area contributed by atoms with Crippen LogP contribution in [-0.2, 0) is 4.79 Å². The molecule has 2 amide bonds. The van der Waals surface area contributed by atoms with E-state index in [4.69, 9.17) is 0 Å². The van der Waals surface area contributed by atoms with Crippen LogP contribution in [-0.4, -0.2) is 36.4 Å². The van der Waals surface area contributed by atoms with Gasteiger partial charge in [-0.25, -0.2) is 4.39 Å². The van der Waals surface area contributed by atoms with Crippen LogP contribution in [0.25, 0.3) is 0 Å². The van der Waals surface area contributed by atoms with Crippen LogP contribution >= 0.6 is 11.8 Å². The van der Waals surface area contributed by atoms with Crippen molar-refractivity contribution in [3.63, 3.8) is 0 Å². The minimum Gasteiger partial charge on any atom is -0.349 e. The molecule has 22 heavy (non-hydrogen) atoms. The molecule has 2 rings (SSSR count). The van der Waals surface area contributed by atoms with Crippen molar-refractivity contribution in [2.75, 3.05) is 23.5 Å². The molecule has 0 spiro atoms. The summed E-state index contributed by atoms with van der Waals surface area (Å²) >= 11 is 1.71. The number of hydrogen-bond donors (Lipinski definition) is 1. The van der Waals surface area contributed by atoms with E-state index in [1.165, 1.54) is 12.1 Å². The lowest BCUT2D eigenvalue weighted by atomic mass is 10.1. The molecule has 1 aromatic carbocycles. The molecule has 0 aromatic heterocycles. The van der Waals surface area contributed by atoms with Crippen molar-refractivity contribution >= 4 is 29.3 Å². The summed E-state index contributed by atoms with van der Waals surface area (Å²) < 4.78 is 13.9. The number of nitrogens with one attached hydrogen (secondary N) is 1. The average molecular weight is 324 g/mol. The summed E-state index contributed by atoms with van der Waals surface area (Å²) in [6, 6.07) is 4.25. The number of anilines is 1. The number of carbonyl (C=O) groups excluding carboxylic acids is 2. The molecular formula is C16H21FN2O2S. The SMILES string of the molecule is CSCCC(C)NC(=O)c1cc(N2CCCC2=O)ccc1F. The van der Waals surface area contributed by atoms with Crippen LogP contribution in [0, 0.1) is 5.82 Å². The van der Waals surface area contributed by atoms with Crippen molar-refractivity contribution in [2.24, 2.45) is 0 Å². The Morgan fingerprint density at radius 3 is 2.91 bits per heavy atom. The Bertz CT molecular complexity index is 565. The van der Waals surface area contributed by atoms with Crippen molar-refractivity contribution in [1.82, 2.24) is 5.32 Å². The maximum absolute atomic E-state index is 13.9. The molecule has 1 N–H and O–H groups in total. The smallest absolute Gasteiger partial charge is 0.254 e. The number of benzene rings is 1.